The number of methoxy groups -OCH3 is 1. The average molecular weight is 265 g/mol. The van der Waals surface area contributed by atoms with Crippen molar-refractivity contribution in [2.24, 2.45) is 0 Å². The Morgan fingerprint density at radius 2 is 2.00 bits per heavy atom. The highest BCUT2D eigenvalue weighted by atomic mass is 16.5. The summed E-state index contributed by atoms with van der Waals surface area (Å²) < 4.78 is 4.62. The SMILES string of the molecule is CCN(CCC(=O)OC)CC(O)c1ccc(C)cc1. The van der Waals surface area contributed by atoms with Gasteiger partial charge < -0.3 is 14.7 Å². The molecular weight excluding hydrogens is 242 g/mol. The van der Waals surface area contributed by atoms with E-state index in [1.165, 1.54) is 12.7 Å². The number of rotatable bonds is 7. The first-order valence-corrected chi connectivity index (χ1v) is 6.60. The maximum atomic E-state index is 11.1. The van der Waals surface area contributed by atoms with Gasteiger partial charge in [0.05, 0.1) is 19.6 Å². The molecule has 0 spiro atoms. The van der Waals surface area contributed by atoms with Gasteiger partial charge in [-0.25, -0.2) is 0 Å². The fourth-order valence-corrected chi connectivity index (χ4v) is 1.87. The van der Waals surface area contributed by atoms with Crippen LogP contribution in [-0.2, 0) is 9.53 Å². The number of aryl methyl sites for hydroxylation is 1. The van der Waals surface area contributed by atoms with Crippen LogP contribution in [0.1, 0.15) is 30.6 Å². The maximum absolute atomic E-state index is 11.1. The Balaban J connectivity index is 2.50. The molecule has 106 valence electrons. The third kappa shape index (κ3) is 5.41. The first-order chi connectivity index (χ1) is 9.06. The Kier molecular flexibility index (Phi) is 6.53. The molecule has 0 aliphatic heterocycles. The van der Waals surface area contributed by atoms with Crippen LogP contribution in [0.15, 0.2) is 24.3 Å². The van der Waals surface area contributed by atoms with E-state index in [0.29, 0.717) is 19.5 Å². The Morgan fingerprint density at radius 1 is 1.37 bits per heavy atom. The number of likely N-dealkylation sites (N-methyl/N-ethyl adjacent to an activating group) is 1. The van der Waals surface area contributed by atoms with Gasteiger partial charge in [-0.1, -0.05) is 36.8 Å². The number of hydrogen-bond acceptors (Lipinski definition) is 4. The maximum Gasteiger partial charge on any atom is 0.306 e. The molecule has 0 fully saturated rings. The van der Waals surface area contributed by atoms with Crippen molar-refractivity contribution in [2.75, 3.05) is 26.7 Å². The van der Waals surface area contributed by atoms with Gasteiger partial charge in [0, 0.05) is 13.1 Å². The largest absolute Gasteiger partial charge is 0.469 e. The normalized spacial score (nSPS) is 12.5. The Labute approximate surface area is 115 Å². The zero-order valence-electron chi connectivity index (χ0n) is 11.9. The molecule has 4 nitrogen and oxygen atoms in total. The van der Waals surface area contributed by atoms with E-state index in [0.717, 1.165) is 12.1 Å². The molecule has 1 N–H and O–H groups in total. The van der Waals surface area contributed by atoms with Crippen LogP contribution in [-0.4, -0.2) is 42.7 Å². The van der Waals surface area contributed by atoms with Gasteiger partial charge in [0.2, 0.25) is 0 Å². The number of aliphatic hydroxyl groups excluding tert-OH is 1. The summed E-state index contributed by atoms with van der Waals surface area (Å²) in [5.41, 5.74) is 2.08. The monoisotopic (exact) mass is 265 g/mol. The third-order valence-electron chi connectivity index (χ3n) is 3.20. The summed E-state index contributed by atoms with van der Waals surface area (Å²) in [7, 11) is 1.39. The lowest BCUT2D eigenvalue weighted by Crippen LogP contribution is -2.30. The summed E-state index contributed by atoms with van der Waals surface area (Å²) in [5, 5.41) is 10.2. The van der Waals surface area contributed by atoms with E-state index < -0.39 is 6.10 Å². The van der Waals surface area contributed by atoms with E-state index in [9.17, 15) is 9.90 Å². The van der Waals surface area contributed by atoms with Crippen molar-refractivity contribution in [1.29, 1.82) is 0 Å². The molecule has 0 aliphatic carbocycles. The summed E-state index contributed by atoms with van der Waals surface area (Å²) in [6.07, 6.45) is -0.177. The molecule has 0 aromatic heterocycles. The van der Waals surface area contributed by atoms with Crippen LogP contribution in [0.25, 0.3) is 0 Å². The molecule has 0 radical (unpaired) electrons. The average Bonchev–Trinajstić information content (AvgIpc) is 2.43. The van der Waals surface area contributed by atoms with Crippen LogP contribution >= 0.6 is 0 Å². The Hall–Kier alpha value is -1.39. The minimum Gasteiger partial charge on any atom is -0.469 e. The van der Waals surface area contributed by atoms with Gasteiger partial charge in [0.1, 0.15) is 0 Å². The van der Waals surface area contributed by atoms with Crippen molar-refractivity contribution in [3.63, 3.8) is 0 Å². The van der Waals surface area contributed by atoms with E-state index in [-0.39, 0.29) is 5.97 Å². The zero-order valence-corrected chi connectivity index (χ0v) is 11.9. The highest BCUT2D eigenvalue weighted by molar-refractivity contribution is 5.69. The van der Waals surface area contributed by atoms with Crippen molar-refractivity contribution < 1.29 is 14.6 Å². The van der Waals surface area contributed by atoms with Gasteiger partial charge in [0.15, 0.2) is 0 Å². The minimum absolute atomic E-state index is 0.219. The quantitative estimate of drug-likeness (QED) is 0.765. The van der Waals surface area contributed by atoms with E-state index >= 15 is 0 Å². The van der Waals surface area contributed by atoms with Crippen LogP contribution in [0.2, 0.25) is 0 Å². The van der Waals surface area contributed by atoms with E-state index in [1.54, 1.807) is 0 Å². The number of carbonyl (C=O) groups excluding carboxylic acids is 1. The second-order valence-corrected chi connectivity index (χ2v) is 4.65. The molecular formula is C15H23NO3. The second kappa shape index (κ2) is 7.92. The van der Waals surface area contributed by atoms with Gasteiger partial charge in [-0.3, -0.25) is 4.79 Å². The molecule has 0 heterocycles. The molecule has 0 saturated carbocycles. The predicted molar refractivity (Wildman–Crippen MR) is 74.9 cm³/mol. The number of esters is 1. The first-order valence-electron chi connectivity index (χ1n) is 6.60. The standard InChI is InChI=1S/C15H23NO3/c1-4-16(10-9-15(18)19-3)11-14(17)13-7-5-12(2)6-8-13/h5-8,14,17H,4,9-11H2,1-3H3. The lowest BCUT2D eigenvalue weighted by Gasteiger charge is -2.23. The zero-order chi connectivity index (χ0) is 14.3. The summed E-state index contributed by atoms with van der Waals surface area (Å²) in [4.78, 5) is 13.2. The summed E-state index contributed by atoms with van der Waals surface area (Å²) in [6.45, 7) is 5.95. The van der Waals surface area contributed by atoms with Crippen molar-refractivity contribution >= 4 is 5.97 Å². The minimum atomic E-state index is -0.529. The Morgan fingerprint density at radius 3 is 2.53 bits per heavy atom. The third-order valence-corrected chi connectivity index (χ3v) is 3.20. The fraction of sp³-hybridized carbons (Fsp3) is 0.533. The van der Waals surface area contributed by atoms with Gasteiger partial charge in [0.25, 0.3) is 0 Å². The molecule has 1 unspecified atom stereocenters. The molecule has 0 amide bonds. The van der Waals surface area contributed by atoms with Crippen LogP contribution in [0, 0.1) is 6.92 Å². The topological polar surface area (TPSA) is 49.8 Å². The molecule has 19 heavy (non-hydrogen) atoms. The van der Waals surface area contributed by atoms with Gasteiger partial charge in [-0.2, -0.15) is 0 Å². The second-order valence-electron chi connectivity index (χ2n) is 4.65. The Bertz CT molecular complexity index is 389. The number of nitrogens with zero attached hydrogens (tertiary/aromatic N) is 1. The van der Waals surface area contributed by atoms with Crippen LogP contribution in [0.4, 0.5) is 0 Å². The molecule has 1 aromatic rings. The number of hydrogen-bond donors (Lipinski definition) is 1. The molecule has 0 aliphatic rings. The number of carbonyl (C=O) groups is 1. The summed E-state index contributed by atoms with van der Waals surface area (Å²) in [5.74, 6) is -0.219. The van der Waals surface area contributed by atoms with Crippen molar-refractivity contribution in [3.8, 4) is 0 Å². The predicted octanol–water partition coefficient (Wildman–Crippen LogP) is 1.91. The van der Waals surface area contributed by atoms with Crippen LogP contribution in [0.3, 0.4) is 0 Å². The molecule has 0 bridgehead atoms. The van der Waals surface area contributed by atoms with Crippen LogP contribution < -0.4 is 0 Å². The van der Waals surface area contributed by atoms with Crippen LogP contribution in [0.5, 0.6) is 0 Å². The lowest BCUT2D eigenvalue weighted by molar-refractivity contribution is -0.141. The van der Waals surface area contributed by atoms with Gasteiger partial charge in [-0.15, -0.1) is 0 Å². The highest BCUT2D eigenvalue weighted by Gasteiger charge is 2.13. The molecule has 1 atom stereocenters. The van der Waals surface area contributed by atoms with Gasteiger partial charge in [-0.05, 0) is 19.0 Å². The van der Waals surface area contributed by atoms with Crippen molar-refractivity contribution in [3.05, 3.63) is 35.4 Å². The number of aliphatic hydroxyl groups is 1. The van der Waals surface area contributed by atoms with E-state index in [2.05, 4.69) is 4.74 Å². The van der Waals surface area contributed by atoms with E-state index in [4.69, 9.17) is 0 Å². The van der Waals surface area contributed by atoms with Crippen molar-refractivity contribution in [1.82, 2.24) is 4.90 Å². The van der Waals surface area contributed by atoms with E-state index in [1.807, 2.05) is 43.0 Å². The highest BCUT2D eigenvalue weighted by Crippen LogP contribution is 2.15. The molecule has 1 aromatic carbocycles. The molecule has 0 saturated heterocycles. The summed E-state index contributed by atoms with van der Waals surface area (Å²) in [6, 6.07) is 7.86. The smallest absolute Gasteiger partial charge is 0.306 e. The fourth-order valence-electron chi connectivity index (χ4n) is 1.87. The van der Waals surface area contributed by atoms with Gasteiger partial charge >= 0.3 is 5.97 Å². The first kappa shape index (κ1) is 15.7. The lowest BCUT2D eigenvalue weighted by atomic mass is 10.1. The summed E-state index contributed by atoms with van der Waals surface area (Å²) >= 11 is 0. The molecule has 4 heteroatoms. The number of ether oxygens (including phenoxy) is 1. The number of benzene rings is 1. The van der Waals surface area contributed by atoms with Crippen molar-refractivity contribution in [2.45, 2.75) is 26.4 Å². The molecule has 1 rings (SSSR count).